The molecular formula is C29H32FN3O5. The molecular weight excluding hydrogens is 489 g/mol. The number of aromatic carboxylic acids is 1. The zero-order valence-corrected chi connectivity index (χ0v) is 21.7. The average molecular weight is 522 g/mol. The van der Waals surface area contributed by atoms with Crippen molar-refractivity contribution in [2.45, 2.75) is 32.5 Å². The number of likely N-dealkylation sites (N-methyl/N-ethyl adjacent to an activating group) is 1. The lowest BCUT2D eigenvalue weighted by Gasteiger charge is -2.37. The van der Waals surface area contributed by atoms with Crippen LogP contribution in [0.4, 0.5) is 4.39 Å². The number of carboxylic acids is 1. The van der Waals surface area contributed by atoms with E-state index in [1.165, 1.54) is 12.1 Å². The van der Waals surface area contributed by atoms with E-state index in [4.69, 9.17) is 9.84 Å². The summed E-state index contributed by atoms with van der Waals surface area (Å²) in [4.78, 5) is 33.0. The lowest BCUT2D eigenvalue weighted by molar-refractivity contribution is 0.0325. The van der Waals surface area contributed by atoms with Crippen molar-refractivity contribution in [2.75, 3.05) is 26.7 Å². The van der Waals surface area contributed by atoms with Gasteiger partial charge in [-0.25, -0.2) is 14.2 Å². The van der Waals surface area contributed by atoms with Crippen LogP contribution in [-0.2, 0) is 6.54 Å². The van der Waals surface area contributed by atoms with Gasteiger partial charge in [-0.15, -0.1) is 0 Å². The smallest absolute Gasteiger partial charge is 0.335 e. The number of aliphatic hydroxyl groups excluding tert-OH is 1. The van der Waals surface area contributed by atoms with E-state index in [0.29, 0.717) is 25.2 Å². The molecule has 0 bridgehead atoms. The van der Waals surface area contributed by atoms with Crippen molar-refractivity contribution in [3.05, 3.63) is 83.3 Å². The van der Waals surface area contributed by atoms with Crippen molar-refractivity contribution in [3.63, 3.8) is 0 Å². The molecule has 0 unspecified atom stereocenters. The Morgan fingerprint density at radius 3 is 2.50 bits per heavy atom. The van der Waals surface area contributed by atoms with E-state index in [1.807, 2.05) is 14.0 Å². The largest absolute Gasteiger partial charge is 0.478 e. The maximum atomic E-state index is 13.6. The minimum atomic E-state index is -0.966. The molecule has 0 saturated carbocycles. The van der Waals surface area contributed by atoms with E-state index in [2.05, 4.69) is 9.88 Å². The van der Waals surface area contributed by atoms with Crippen molar-refractivity contribution in [1.29, 1.82) is 0 Å². The molecule has 0 spiro atoms. The molecule has 9 heteroatoms. The number of halogens is 1. The van der Waals surface area contributed by atoms with Crippen LogP contribution in [0.3, 0.4) is 0 Å². The highest BCUT2D eigenvalue weighted by Gasteiger charge is 2.34. The van der Waals surface area contributed by atoms with Crippen molar-refractivity contribution in [2.24, 2.45) is 5.92 Å². The molecule has 0 radical (unpaired) electrons. The second-order valence-corrected chi connectivity index (χ2v) is 9.91. The highest BCUT2D eigenvalue weighted by atomic mass is 19.1. The number of rotatable bonds is 8. The first-order valence-corrected chi connectivity index (χ1v) is 12.5. The monoisotopic (exact) mass is 521 g/mol. The predicted molar refractivity (Wildman–Crippen MR) is 141 cm³/mol. The van der Waals surface area contributed by atoms with Gasteiger partial charge in [0.1, 0.15) is 17.5 Å². The third-order valence-electron chi connectivity index (χ3n) is 6.84. The number of pyridine rings is 1. The summed E-state index contributed by atoms with van der Waals surface area (Å²) < 4.78 is 19.8. The van der Waals surface area contributed by atoms with Gasteiger partial charge in [0.25, 0.3) is 5.91 Å². The number of carbonyl (C=O) groups excluding carboxylic acids is 1. The van der Waals surface area contributed by atoms with Crippen LogP contribution in [0.15, 0.2) is 60.8 Å². The van der Waals surface area contributed by atoms with E-state index in [0.717, 1.165) is 11.1 Å². The number of hydrogen-bond acceptors (Lipinski definition) is 6. The Morgan fingerprint density at radius 2 is 1.87 bits per heavy atom. The minimum absolute atomic E-state index is 0.0727. The van der Waals surface area contributed by atoms with Gasteiger partial charge < -0.3 is 19.8 Å². The Hall–Kier alpha value is -3.82. The van der Waals surface area contributed by atoms with Gasteiger partial charge in [-0.3, -0.25) is 9.69 Å². The summed E-state index contributed by atoms with van der Waals surface area (Å²) in [6, 6.07) is 14.0. The quantitative estimate of drug-likeness (QED) is 0.463. The topological polar surface area (TPSA) is 103 Å². The third kappa shape index (κ3) is 6.17. The molecule has 8 nitrogen and oxygen atoms in total. The molecule has 0 aliphatic carbocycles. The van der Waals surface area contributed by atoms with E-state index in [9.17, 15) is 19.1 Å². The first-order chi connectivity index (χ1) is 18.2. The fourth-order valence-electron chi connectivity index (χ4n) is 4.56. The van der Waals surface area contributed by atoms with E-state index < -0.39 is 12.0 Å². The molecule has 0 fully saturated rings. The first-order valence-electron chi connectivity index (χ1n) is 12.5. The lowest BCUT2D eigenvalue weighted by Crippen LogP contribution is -2.49. The molecule has 1 aromatic heterocycles. The molecule has 1 aliphatic heterocycles. The Morgan fingerprint density at radius 1 is 1.18 bits per heavy atom. The van der Waals surface area contributed by atoms with Crippen LogP contribution < -0.4 is 4.74 Å². The van der Waals surface area contributed by atoms with E-state index in [-0.39, 0.29) is 47.4 Å². The average Bonchev–Trinajstić information content (AvgIpc) is 2.90. The molecule has 2 N–H and O–H groups in total. The minimum Gasteiger partial charge on any atom is -0.478 e. The summed E-state index contributed by atoms with van der Waals surface area (Å²) in [5.41, 5.74) is 2.86. The third-order valence-corrected chi connectivity index (χ3v) is 6.84. The predicted octanol–water partition coefficient (Wildman–Crippen LogP) is 3.94. The van der Waals surface area contributed by atoms with Crippen LogP contribution in [0, 0.1) is 11.7 Å². The number of nitrogens with zero attached hydrogens (tertiary/aromatic N) is 3. The van der Waals surface area contributed by atoms with Crippen molar-refractivity contribution in [1.82, 2.24) is 14.8 Å². The van der Waals surface area contributed by atoms with Crippen LogP contribution in [0.1, 0.15) is 40.1 Å². The molecule has 3 aromatic rings. The Bertz CT molecular complexity index is 1280. The first kappa shape index (κ1) is 27.2. The number of amides is 1. The molecule has 3 atom stereocenters. The lowest BCUT2D eigenvalue weighted by atomic mass is 9.99. The highest BCUT2D eigenvalue weighted by Crippen LogP contribution is 2.30. The van der Waals surface area contributed by atoms with Gasteiger partial charge in [0.15, 0.2) is 0 Å². The van der Waals surface area contributed by atoms with Crippen LogP contribution in [0.25, 0.3) is 11.1 Å². The number of aromatic nitrogens is 1. The van der Waals surface area contributed by atoms with Gasteiger partial charge in [-0.2, -0.15) is 0 Å². The molecule has 0 saturated heterocycles. The van der Waals surface area contributed by atoms with Crippen molar-refractivity contribution < 1.29 is 28.9 Å². The molecule has 1 amide bonds. The summed E-state index contributed by atoms with van der Waals surface area (Å²) in [6.45, 7) is 5.10. The summed E-state index contributed by atoms with van der Waals surface area (Å²) in [6.07, 6.45) is 1.29. The molecule has 2 heterocycles. The van der Waals surface area contributed by atoms with Crippen molar-refractivity contribution >= 4 is 11.9 Å². The number of carboxylic acid groups (broad SMARTS) is 1. The van der Waals surface area contributed by atoms with Gasteiger partial charge in [0.05, 0.1) is 18.2 Å². The number of benzene rings is 2. The Balaban J connectivity index is 1.61. The summed E-state index contributed by atoms with van der Waals surface area (Å²) in [5.74, 6) is -1.46. The molecule has 1 aliphatic rings. The SMILES string of the molecule is C[C@@H]1CN([C@H](C)CO)C(=O)c2cc(-c3ccc(F)cc3)cnc2O[C@@H]1CN(C)Cc1ccc(C(=O)O)cc1. The Labute approximate surface area is 221 Å². The zero-order chi connectivity index (χ0) is 27.4. The van der Waals surface area contributed by atoms with Gasteiger partial charge in [0.2, 0.25) is 5.88 Å². The maximum absolute atomic E-state index is 13.6. The van der Waals surface area contributed by atoms with Crippen LogP contribution in [0.2, 0.25) is 0 Å². The zero-order valence-electron chi connectivity index (χ0n) is 21.7. The molecule has 4 rings (SSSR count). The number of fused-ring (bicyclic) bond motifs is 1. The van der Waals surface area contributed by atoms with Gasteiger partial charge in [-0.1, -0.05) is 31.2 Å². The van der Waals surface area contributed by atoms with Crippen LogP contribution in [-0.4, -0.2) is 75.8 Å². The number of hydrogen-bond donors (Lipinski definition) is 2. The fourth-order valence-corrected chi connectivity index (χ4v) is 4.56. The van der Waals surface area contributed by atoms with Crippen LogP contribution >= 0.6 is 0 Å². The second kappa shape index (κ2) is 11.7. The second-order valence-electron chi connectivity index (χ2n) is 9.91. The number of carbonyl (C=O) groups is 2. The highest BCUT2D eigenvalue weighted by molar-refractivity contribution is 5.98. The summed E-state index contributed by atoms with van der Waals surface area (Å²) >= 11 is 0. The standard InChI is InChI=1S/C29H32FN3O5/c1-18-14-33(19(2)17-34)28(35)25-12-23(21-8-10-24(30)11-9-21)13-31-27(25)38-26(18)16-32(3)15-20-4-6-22(7-5-20)29(36)37/h4-13,18-19,26,34H,14-17H2,1-3H3,(H,36,37)/t18-,19-,26-/m1/s1. The van der Waals surface area contributed by atoms with E-state index >= 15 is 0 Å². The molecule has 200 valence electrons. The molecule has 38 heavy (non-hydrogen) atoms. The molecule has 2 aromatic carbocycles. The number of aliphatic hydroxyl groups is 1. The number of ether oxygens (including phenoxy) is 1. The summed E-state index contributed by atoms with van der Waals surface area (Å²) in [5, 5.41) is 19.0. The normalized spacial score (nSPS) is 18.4. The van der Waals surface area contributed by atoms with Gasteiger partial charge in [0, 0.05) is 37.3 Å². The summed E-state index contributed by atoms with van der Waals surface area (Å²) in [7, 11) is 1.95. The maximum Gasteiger partial charge on any atom is 0.335 e. The van der Waals surface area contributed by atoms with Crippen molar-refractivity contribution in [3.8, 4) is 17.0 Å². The Kier molecular flexibility index (Phi) is 8.38. The fraction of sp³-hybridized carbons (Fsp3) is 0.345. The van der Waals surface area contributed by atoms with Gasteiger partial charge >= 0.3 is 5.97 Å². The van der Waals surface area contributed by atoms with E-state index in [1.54, 1.807) is 60.5 Å². The van der Waals surface area contributed by atoms with Crippen LogP contribution in [0.5, 0.6) is 5.88 Å². The van der Waals surface area contributed by atoms with Gasteiger partial charge in [-0.05, 0) is 55.4 Å².